The normalized spacial score (nSPS) is 6.00. The van der Waals surface area contributed by atoms with Crippen molar-refractivity contribution >= 4 is 0 Å². The van der Waals surface area contributed by atoms with E-state index in [1.165, 1.54) is 0 Å². The molecule has 0 fully saturated rings. The first-order valence-corrected chi connectivity index (χ1v) is 1.91. The van der Waals surface area contributed by atoms with Crippen LogP contribution in [0.4, 0.5) is 0 Å². The molecule has 0 N–H and O–H groups in total. The van der Waals surface area contributed by atoms with Gasteiger partial charge in [0.1, 0.15) is 0 Å². The van der Waals surface area contributed by atoms with Gasteiger partial charge in [-0.3, -0.25) is 0 Å². The Kier molecular flexibility index (Phi) is 9.28. The Morgan fingerprint density at radius 2 is 1.38 bits per heavy atom. The molecule has 0 saturated heterocycles. The molecule has 0 saturated carbocycles. The summed E-state index contributed by atoms with van der Waals surface area (Å²) < 4.78 is 0. The van der Waals surface area contributed by atoms with E-state index in [1.807, 2.05) is 30.3 Å². The largest absolute Gasteiger partial charge is 2.00 e. The van der Waals surface area contributed by atoms with Crippen molar-refractivity contribution < 1.29 is 20.4 Å². The second-order valence-electron chi connectivity index (χ2n) is 1.08. The molecule has 0 heterocycles. The maximum atomic E-state index is 2.89. The zero-order valence-electron chi connectivity index (χ0n) is 4.70. The molecule has 0 aromatic heterocycles. The Labute approximate surface area is 64.6 Å². The van der Waals surface area contributed by atoms with Gasteiger partial charge in [-0.15, -0.1) is 0 Å². The molecular weight excluding hydrogens is 190 g/mol. The van der Waals surface area contributed by atoms with E-state index in [1.54, 1.807) is 0 Å². The molecule has 0 aliphatic heterocycles. The van der Waals surface area contributed by atoms with E-state index in [0.717, 1.165) is 0 Å². The van der Waals surface area contributed by atoms with Gasteiger partial charge in [-0.2, -0.15) is 36.4 Å². The van der Waals surface area contributed by atoms with Crippen LogP contribution < -0.4 is 0 Å². The standard InChI is InChI=1S/C6H5.CH3.Pd/c1-2-4-6-5-3-1;;/h1-5H;1H3;/q2*-1;+2. The molecule has 0 unspecified atom stereocenters. The minimum Gasteiger partial charge on any atom is -0.358 e. The van der Waals surface area contributed by atoms with E-state index in [2.05, 4.69) is 6.07 Å². The number of hydrogen-bond acceptors (Lipinski definition) is 0. The first-order valence-electron chi connectivity index (χ1n) is 1.91. The first-order chi connectivity index (χ1) is 3.00. The summed E-state index contributed by atoms with van der Waals surface area (Å²) in [7, 11) is 0. The van der Waals surface area contributed by atoms with Gasteiger partial charge in [-0.25, -0.2) is 0 Å². The third-order valence-corrected chi connectivity index (χ3v) is 0.607. The van der Waals surface area contributed by atoms with Crippen molar-refractivity contribution in [2.45, 2.75) is 0 Å². The zero-order valence-corrected chi connectivity index (χ0v) is 6.26. The van der Waals surface area contributed by atoms with Crippen LogP contribution in [0.25, 0.3) is 0 Å². The van der Waals surface area contributed by atoms with E-state index >= 15 is 0 Å². The monoisotopic (exact) mass is 198 g/mol. The molecule has 1 heteroatoms. The zero-order chi connectivity index (χ0) is 4.24. The Morgan fingerprint density at radius 1 is 0.875 bits per heavy atom. The van der Waals surface area contributed by atoms with Crippen LogP contribution in [0.3, 0.4) is 0 Å². The van der Waals surface area contributed by atoms with Gasteiger partial charge >= 0.3 is 20.4 Å². The van der Waals surface area contributed by atoms with Gasteiger partial charge in [0.25, 0.3) is 0 Å². The fourth-order valence-corrected chi connectivity index (χ4v) is 0.342. The van der Waals surface area contributed by atoms with E-state index in [-0.39, 0.29) is 27.8 Å². The van der Waals surface area contributed by atoms with Crippen LogP contribution in [-0.4, -0.2) is 0 Å². The van der Waals surface area contributed by atoms with Crippen LogP contribution in [0, 0.1) is 13.5 Å². The number of rotatable bonds is 0. The van der Waals surface area contributed by atoms with Crippen LogP contribution in [0.1, 0.15) is 0 Å². The molecular formula is C7H8Pd. The predicted molar refractivity (Wildman–Crippen MR) is 31.7 cm³/mol. The average Bonchev–Trinajstić information content (AvgIpc) is 1.72. The van der Waals surface area contributed by atoms with Crippen molar-refractivity contribution in [1.29, 1.82) is 0 Å². The summed E-state index contributed by atoms with van der Waals surface area (Å²) >= 11 is 0. The predicted octanol–water partition coefficient (Wildman–Crippen LogP) is 1.93. The fourth-order valence-electron chi connectivity index (χ4n) is 0.342. The van der Waals surface area contributed by atoms with Crippen molar-refractivity contribution in [1.82, 2.24) is 0 Å². The summed E-state index contributed by atoms with van der Waals surface area (Å²) in [5.41, 5.74) is 0. The van der Waals surface area contributed by atoms with Gasteiger partial charge in [0.2, 0.25) is 0 Å². The number of benzene rings is 1. The van der Waals surface area contributed by atoms with Gasteiger partial charge in [-0.05, 0) is 0 Å². The molecule has 8 heavy (non-hydrogen) atoms. The fraction of sp³-hybridized carbons (Fsp3) is 0. The van der Waals surface area contributed by atoms with Crippen molar-refractivity contribution in [3.8, 4) is 0 Å². The molecule has 46 valence electrons. The molecule has 0 amide bonds. The second-order valence-corrected chi connectivity index (χ2v) is 1.08. The van der Waals surface area contributed by atoms with Gasteiger partial charge in [0.15, 0.2) is 0 Å². The van der Waals surface area contributed by atoms with Crippen LogP contribution in [0.5, 0.6) is 0 Å². The summed E-state index contributed by atoms with van der Waals surface area (Å²) in [5.74, 6) is 0. The third kappa shape index (κ3) is 4.05. The molecule has 1 rings (SSSR count). The number of hydrogen-bond donors (Lipinski definition) is 0. The quantitative estimate of drug-likeness (QED) is 0.442. The van der Waals surface area contributed by atoms with E-state index in [0.29, 0.717) is 0 Å². The minimum atomic E-state index is 0. The smallest absolute Gasteiger partial charge is 0.358 e. The Hall–Kier alpha value is -0.118. The van der Waals surface area contributed by atoms with Crippen molar-refractivity contribution in [3.05, 3.63) is 43.8 Å². The molecule has 0 nitrogen and oxygen atoms in total. The summed E-state index contributed by atoms with van der Waals surface area (Å²) in [5, 5.41) is 0. The average molecular weight is 199 g/mol. The Morgan fingerprint density at radius 3 is 1.50 bits per heavy atom. The van der Waals surface area contributed by atoms with E-state index in [4.69, 9.17) is 0 Å². The molecule has 1 aromatic rings. The minimum absolute atomic E-state index is 0. The molecule has 0 radical (unpaired) electrons. The maximum Gasteiger partial charge on any atom is 2.00 e. The van der Waals surface area contributed by atoms with Gasteiger partial charge in [0, 0.05) is 0 Å². The van der Waals surface area contributed by atoms with Crippen LogP contribution in [0.15, 0.2) is 30.3 Å². The van der Waals surface area contributed by atoms with Crippen molar-refractivity contribution in [2.75, 3.05) is 0 Å². The van der Waals surface area contributed by atoms with Crippen LogP contribution in [0.2, 0.25) is 0 Å². The molecule has 1 aromatic carbocycles. The topological polar surface area (TPSA) is 0 Å². The Bertz CT molecular complexity index is 76.3. The van der Waals surface area contributed by atoms with Gasteiger partial charge in [0.05, 0.1) is 0 Å². The molecule has 0 aliphatic rings. The van der Waals surface area contributed by atoms with Crippen molar-refractivity contribution in [3.63, 3.8) is 0 Å². The van der Waals surface area contributed by atoms with Crippen molar-refractivity contribution in [2.24, 2.45) is 0 Å². The summed E-state index contributed by atoms with van der Waals surface area (Å²) in [6.07, 6.45) is 0. The molecule has 0 bridgehead atoms. The molecule has 0 aliphatic carbocycles. The first kappa shape index (κ1) is 10.8. The van der Waals surface area contributed by atoms with E-state index in [9.17, 15) is 0 Å². The van der Waals surface area contributed by atoms with Gasteiger partial charge in [-0.1, -0.05) is 0 Å². The summed E-state index contributed by atoms with van der Waals surface area (Å²) in [4.78, 5) is 0. The second kappa shape index (κ2) is 6.88. The van der Waals surface area contributed by atoms with Crippen LogP contribution in [-0.2, 0) is 20.4 Å². The molecule has 0 atom stereocenters. The van der Waals surface area contributed by atoms with Crippen LogP contribution >= 0.6 is 0 Å². The van der Waals surface area contributed by atoms with E-state index < -0.39 is 0 Å². The summed E-state index contributed by atoms with van der Waals surface area (Å²) in [6.45, 7) is 0. The van der Waals surface area contributed by atoms with Gasteiger partial charge < -0.3 is 7.43 Å². The Balaban J connectivity index is 0. The SMILES string of the molecule is [CH3-].[Pd+2].[c-]1ccccc1. The third-order valence-electron chi connectivity index (χ3n) is 0.607. The molecule has 0 spiro atoms. The maximum absolute atomic E-state index is 2.89. The summed E-state index contributed by atoms with van der Waals surface area (Å²) in [6, 6.07) is 12.5.